The zero-order valence-corrected chi connectivity index (χ0v) is 23.0. The first-order chi connectivity index (χ1) is 18.2. The Hall–Kier alpha value is -3.69. The standard InChI is InChI=1S/C23H23N7O5S3/c1-4-35-27-16(13-9-37-23(24)25-13)19(31)26-17-20(32)30-18(22(33)34)12(8-36-21(17)30)5-6-14-11(2)29-10-28(3)7-15(29)38-14/h5-7,9-10,17,21H,4,8H2,1-3H3,(H3-,24,25,26,31,33,34)/b6-5?,27-16-/t17-,21-/m1/s1. The van der Waals surface area contributed by atoms with E-state index in [0.29, 0.717) is 11.3 Å². The Bertz CT molecular complexity index is 1550. The van der Waals surface area contributed by atoms with Gasteiger partial charge in [0.2, 0.25) is 11.2 Å². The average molecular weight is 574 g/mol. The molecule has 0 unspecified atom stereocenters. The third-order valence-corrected chi connectivity index (χ3v) is 9.10. The number of carbonyl (C=O) groups excluding carboxylic acids is 3. The number of nitrogens with zero attached hydrogens (tertiary/aromatic N) is 5. The van der Waals surface area contributed by atoms with Gasteiger partial charge >= 0.3 is 0 Å². The molecule has 0 bridgehead atoms. The fourth-order valence-electron chi connectivity index (χ4n) is 4.17. The number of hydrogen-bond donors (Lipinski definition) is 2. The van der Waals surface area contributed by atoms with Gasteiger partial charge in [-0.05, 0) is 25.5 Å². The normalized spacial score (nSPS) is 19.7. The molecule has 0 spiro atoms. The van der Waals surface area contributed by atoms with Crippen molar-refractivity contribution >= 4 is 74.0 Å². The maximum Gasteiger partial charge on any atom is 0.276 e. The summed E-state index contributed by atoms with van der Waals surface area (Å²) >= 11 is 4.06. The number of imidazole rings is 1. The number of nitrogens with two attached hydrogens (primary N) is 1. The molecule has 3 aromatic rings. The molecule has 2 atom stereocenters. The summed E-state index contributed by atoms with van der Waals surface area (Å²) in [6.45, 7) is 3.92. The Morgan fingerprint density at radius 2 is 2.21 bits per heavy atom. The van der Waals surface area contributed by atoms with E-state index in [9.17, 15) is 19.5 Å². The minimum atomic E-state index is -1.45. The average Bonchev–Trinajstić information content (AvgIpc) is 3.55. The highest BCUT2D eigenvalue weighted by Gasteiger charge is 2.53. The molecule has 3 N–H and O–H groups in total. The lowest BCUT2D eigenvalue weighted by Crippen LogP contribution is -2.71. The molecule has 2 amide bonds. The van der Waals surface area contributed by atoms with Gasteiger partial charge in [0, 0.05) is 11.1 Å². The molecule has 12 nitrogen and oxygen atoms in total. The highest BCUT2D eigenvalue weighted by atomic mass is 32.2. The number of rotatable bonds is 8. The lowest BCUT2D eigenvalue weighted by molar-refractivity contribution is -0.515. The number of thiazole rings is 2. The van der Waals surface area contributed by atoms with Gasteiger partial charge in [0.05, 0.1) is 23.6 Å². The monoisotopic (exact) mass is 573 g/mol. The second-order valence-electron chi connectivity index (χ2n) is 8.45. The van der Waals surface area contributed by atoms with Gasteiger partial charge in [-0.3, -0.25) is 14.5 Å². The Morgan fingerprint density at radius 3 is 2.87 bits per heavy atom. The second kappa shape index (κ2) is 10.2. The smallest absolute Gasteiger partial charge is 0.276 e. The molecule has 0 saturated carbocycles. The minimum Gasteiger partial charge on any atom is -0.543 e. The van der Waals surface area contributed by atoms with Gasteiger partial charge in [-0.2, -0.15) is 4.40 Å². The lowest BCUT2D eigenvalue weighted by atomic mass is 10.0. The number of anilines is 1. The molecule has 2 aliphatic heterocycles. The number of fused-ring (bicyclic) bond motifs is 2. The Morgan fingerprint density at radius 1 is 1.42 bits per heavy atom. The molecule has 1 fully saturated rings. The largest absolute Gasteiger partial charge is 0.543 e. The number of carboxylic acids is 1. The quantitative estimate of drug-likeness (QED) is 0.165. The van der Waals surface area contributed by atoms with Crippen molar-refractivity contribution < 1.29 is 28.7 Å². The van der Waals surface area contributed by atoms with E-state index in [2.05, 4.69) is 19.9 Å². The molecule has 15 heteroatoms. The molecule has 5 rings (SSSR count). The maximum absolute atomic E-state index is 13.1. The first-order valence-corrected chi connectivity index (χ1v) is 14.2. The van der Waals surface area contributed by atoms with E-state index in [1.54, 1.807) is 29.7 Å². The molecule has 5 heterocycles. The maximum atomic E-state index is 13.1. The summed E-state index contributed by atoms with van der Waals surface area (Å²) in [5.74, 6) is -2.36. The third kappa shape index (κ3) is 4.56. The molecule has 0 radical (unpaired) electrons. The molecule has 2 aliphatic rings. The Balaban J connectivity index is 1.36. The van der Waals surface area contributed by atoms with Crippen LogP contribution in [-0.2, 0) is 26.3 Å². The van der Waals surface area contributed by atoms with Crippen molar-refractivity contribution in [3.05, 3.63) is 51.5 Å². The topological polar surface area (TPSA) is 159 Å². The van der Waals surface area contributed by atoms with E-state index in [0.717, 1.165) is 26.7 Å². The molecule has 0 aromatic carbocycles. The van der Waals surface area contributed by atoms with Gasteiger partial charge in [-0.25, -0.2) is 9.55 Å². The molecule has 38 heavy (non-hydrogen) atoms. The SMILES string of the molecule is CCO/N=C(\C(=O)N[C@@H]1C(=O)N2C(C(=O)[O-])=C(C=Cc3sc4cn(C)c[n+]4c3C)CS[C@H]12)c1csc(N)n1. The molecular formula is C23H23N7O5S3. The highest BCUT2D eigenvalue weighted by Crippen LogP contribution is 2.40. The van der Waals surface area contributed by atoms with Gasteiger partial charge in [-0.15, -0.1) is 23.1 Å². The van der Waals surface area contributed by atoms with Crippen molar-refractivity contribution in [2.45, 2.75) is 25.3 Å². The number of aliphatic carboxylic acids is 1. The lowest BCUT2D eigenvalue weighted by Gasteiger charge is -2.50. The van der Waals surface area contributed by atoms with Crippen molar-refractivity contribution in [1.29, 1.82) is 0 Å². The molecule has 3 aromatic heterocycles. The predicted octanol–water partition coefficient (Wildman–Crippen LogP) is 0.0303. The molecule has 198 valence electrons. The van der Waals surface area contributed by atoms with Crippen LogP contribution >= 0.6 is 34.4 Å². The summed E-state index contributed by atoms with van der Waals surface area (Å²) in [4.78, 5) is 50.5. The van der Waals surface area contributed by atoms with E-state index < -0.39 is 29.2 Å². The summed E-state index contributed by atoms with van der Waals surface area (Å²) in [6, 6.07) is -0.947. The molecule has 0 aliphatic carbocycles. The Labute approximate surface area is 229 Å². The van der Waals surface area contributed by atoms with Crippen LogP contribution in [0.25, 0.3) is 10.9 Å². The highest BCUT2D eigenvalue weighted by molar-refractivity contribution is 8.00. The van der Waals surface area contributed by atoms with E-state index in [-0.39, 0.29) is 28.8 Å². The summed E-state index contributed by atoms with van der Waals surface area (Å²) in [5, 5.41) is 19.8. The van der Waals surface area contributed by atoms with E-state index >= 15 is 0 Å². The number of nitrogen functional groups attached to an aromatic ring is 1. The van der Waals surface area contributed by atoms with Crippen molar-refractivity contribution in [3.8, 4) is 0 Å². The van der Waals surface area contributed by atoms with E-state index in [1.807, 2.05) is 37.1 Å². The number of oxime groups is 1. The number of carboxylic acid groups (broad SMARTS) is 1. The fraction of sp³-hybridized carbons (Fsp3) is 0.304. The summed E-state index contributed by atoms with van der Waals surface area (Å²) < 4.78 is 4.02. The van der Waals surface area contributed by atoms with Crippen LogP contribution in [-0.4, -0.2) is 61.7 Å². The summed E-state index contributed by atoms with van der Waals surface area (Å²) in [5.41, 5.74) is 7.07. The van der Waals surface area contributed by atoms with Crippen LogP contribution in [0.4, 0.5) is 5.13 Å². The number of thioether (sulfide) groups is 1. The van der Waals surface area contributed by atoms with Crippen LogP contribution in [0.5, 0.6) is 0 Å². The van der Waals surface area contributed by atoms with E-state index in [1.165, 1.54) is 16.7 Å². The number of aryl methyl sites for hydroxylation is 2. The van der Waals surface area contributed by atoms with Gasteiger partial charge < -0.3 is 25.8 Å². The van der Waals surface area contributed by atoms with Gasteiger partial charge in [0.15, 0.2) is 10.8 Å². The van der Waals surface area contributed by atoms with Crippen molar-refractivity contribution in [3.63, 3.8) is 0 Å². The number of allylic oxidation sites excluding steroid dienone is 1. The van der Waals surface area contributed by atoms with Crippen LogP contribution in [0.3, 0.4) is 0 Å². The van der Waals surface area contributed by atoms with Crippen LogP contribution in [0, 0.1) is 6.92 Å². The number of β-lactam (4-membered cyclic amide) rings is 1. The first kappa shape index (κ1) is 25.9. The fourth-order valence-corrected chi connectivity index (χ4v) is 7.15. The predicted molar refractivity (Wildman–Crippen MR) is 142 cm³/mol. The second-order valence-corrected chi connectivity index (χ2v) is 11.5. The zero-order valence-electron chi connectivity index (χ0n) is 20.5. The van der Waals surface area contributed by atoms with Crippen molar-refractivity contribution in [2.75, 3.05) is 18.1 Å². The number of aromatic nitrogens is 3. The van der Waals surface area contributed by atoms with Crippen LogP contribution in [0.1, 0.15) is 23.2 Å². The van der Waals surface area contributed by atoms with Gasteiger partial charge in [0.25, 0.3) is 11.8 Å². The number of carbonyl (C=O) groups is 3. The number of amides is 2. The van der Waals surface area contributed by atoms with Crippen molar-refractivity contribution in [1.82, 2.24) is 19.8 Å². The van der Waals surface area contributed by atoms with Crippen LogP contribution in [0.2, 0.25) is 0 Å². The van der Waals surface area contributed by atoms with Gasteiger partial charge in [-0.1, -0.05) is 22.6 Å². The first-order valence-electron chi connectivity index (χ1n) is 11.5. The minimum absolute atomic E-state index is 0.122. The number of hydrogen-bond acceptors (Lipinski definition) is 11. The van der Waals surface area contributed by atoms with Crippen molar-refractivity contribution in [2.24, 2.45) is 12.2 Å². The van der Waals surface area contributed by atoms with Gasteiger partial charge in [0.1, 0.15) is 35.6 Å². The number of nitrogens with one attached hydrogen (secondary N) is 1. The molecular weight excluding hydrogens is 550 g/mol. The Kier molecular flexibility index (Phi) is 6.98. The van der Waals surface area contributed by atoms with Crippen LogP contribution in [0.15, 0.2) is 40.4 Å². The molecule has 1 saturated heterocycles. The third-order valence-electron chi connectivity index (χ3n) is 5.96. The zero-order chi connectivity index (χ0) is 27.1. The van der Waals surface area contributed by atoms with E-state index in [4.69, 9.17) is 10.6 Å². The van der Waals surface area contributed by atoms with Crippen LogP contribution < -0.4 is 20.6 Å². The summed E-state index contributed by atoms with van der Waals surface area (Å²) in [6.07, 6.45) is 7.53. The summed E-state index contributed by atoms with van der Waals surface area (Å²) in [7, 11) is 1.95.